The number of hydrogen-bond acceptors (Lipinski definition) is 6. The summed E-state index contributed by atoms with van der Waals surface area (Å²) < 4.78 is 5.39. The van der Waals surface area contributed by atoms with E-state index in [0.29, 0.717) is 36.7 Å². The quantitative estimate of drug-likeness (QED) is 0.616. The number of nitrogens with one attached hydrogen (secondary N) is 3. The second-order valence-corrected chi connectivity index (χ2v) is 7.68. The fourth-order valence-electron chi connectivity index (χ4n) is 3.79. The molecule has 0 bridgehead atoms. The molecule has 0 aromatic carbocycles. The van der Waals surface area contributed by atoms with E-state index in [1.54, 1.807) is 32.5 Å². The first-order valence-electron chi connectivity index (χ1n) is 9.99. The van der Waals surface area contributed by atoms with Gasteiger partial charge in [0.05, 0.1) is 6.61 Å². The van der Waals surface area contributed by atoms with Gasteiger partial charge in [-0.25, -0.2) is 4.98 Å². The Morgan fingerprint density at radius 1 is 1.34 bits per heavy atom. The zero-order valence-corrected chi connectivity index (χ0v) is 17.1. The second-order valence-electron chi connectivity index (χ2n) is 7.68. The first-order valence-corrected chi connectivity index (χ1v) is 9.99. The predicted molar refractivity (Wildman–Crippen MR) is 111 cm³/mol. The number of ether oxygens (including phenoxy) is 1. The second kappa shape index (κ2) is 9.76. The average molecular weight is 399 g/mol. The molecule has 156 valence electrons. The standard InChI is InChI=1S/C21H29N5O3/c1-15-17(20(28)26-19(25-15)16-4-3-9-23-12-16)5-6-18(27)24-13-21(14-29-2)7-10-22-11-8-21/h3-4,9,12,22H,5-8,10-11,13-14H2,1-2H3,(H,24,27)(H,25,26,28). The minimum Gasteiger partial charge on any atom is -0.384 e. The lowest BCUT2D eigenvalue weighted by molar-refractivity contribution is -0.122. The zero-order valence-electron chi connectivity index (χ0n) is 17.1. The van der Waals surface area contributed by atoms with E-state index in [-0.39, 0.29) is 23.3 Å². The molecule has 3 rings (SSSR count). The highest BCUT2D eigenvalue weighted by Gasteiger charge is 2.32. The molecule has 1 saturated heterocycles. The van der Waals surface area contributed by atoms with Crippen LogP contribution in [-0.4, -0.2) is 54.2 Å². The number of methoxy groups -OCH3 is 1. The minimum atomic E-state index is -0.210. The molecular weight excluding hydrogens is 370 g/mol. The predicted octanol–water partition coefficient (Wildman–Crippen LogP) is 1.21. The Hall–Kier alpha value is -2.58. The number of aromatic amines is 1. The van der Waals surface area contributed by atoms with Gasteiger partial charge in [-0.2, -0.15) is 0 Å². The van der Waals surface area contributed by atoms with E-state index in [9.17, 15) is 9.59 Å². The number of rotatable bonds is 8. The average Bonchev–Trinajstić information content (AvgIpc) is 2.73. The largest absolute Gasteiger partial charge is 0.384 e. The van der Waals surface area contributed by atoms with Gasteiger partial charge in [0.2, 0.25) is 5.91 Å². The Bertz CT molecular complexity index is 870. The van der Waals surface area contributed by atoms with Crippen molar-refractivity contribution in [2.45, 2.75) is 32.6 Å². The number of H-pyrrole nitrogens is 1. The Morgan fingerprint density at radius 3 is 2.79 bits per heavy atom. The molecule has 0 saturated carbocycles. The molecule has 0 atom stereocenters. The summed E-state index contributed by atoms with van der Waals surface area (Å²) in [6.45, 7) is 4.89. The van der Waals surface area contributed by atoms with Crippen molar-refractivity contribution in [1.82, 2.24) is 25.6 Å². The molecule has 0 radical (unpaired) electrons. The van der Waals surface area contributed by atoms with Gasteiger partial charge in [0, 0.05) is 54.7 Å². The SMILES string of the molecule is COCC1(CNC(=O)CCc2c(C)nc(-c3cccnc3)[nH]c2=O)CCNCC1. The molecule has 3 heterocycles. The summed E-state index contributed by atoms with van der Waals surface area (Å²) in [6, 6.07) is 3.64. The molecule has 0 spiro atoms. The summed E-state index contributed by atoms with van der Waals surface area (Å²) in [5, 5.41) is 6.38. The maximum Gasteiger partial charge on any atom is 0.254 e. The van der Waals surface area contributed by atoms with E-state index < -0.39 is 0 Å². The van der Waals surface area contributed by atoms with E-state index in [2.05, 4.69) is 25.6 Å². The fourth-order valence-corrected chi connectivity index (χ4v) is 3.79. The molecule has 3 N–H and O–H groups in total. The molecule has 0 unspecified atom stereocenters. The molecular formula is C21H29N5O3. The number of aromatic nitrogens is 3. The van der Waals surface area contributed by atoms with Crippen LogP contribution in [0.15, 0.2) is 29.3 Å². The van der Waals surface area contributed by atoms with Crippen LogP contribution in [0.3, 0.4) is 0 Å². The minimum absolute atomic E-state index is 0.0179. The number of amides is 1. The third-order valence-electron chi connectivity index (χ3n) is 5.53. The van der Waals surface area contributed by atoms with Gasteiger partial charge in [-0.15, -0.1) is 0 Å². The Kier molecular flexibility index (Phi) is 7.11. The summed E-state index contributed by atoms with van der Waals surface area (Å²) in [7, 11) is 1.70. The van der Waals surface area contributed by atoms with E-state index in [1.165, 1.54) is 0 Å². The third-order valence-corrected chi connectivity index (χ3v) is 5.53. The highest BCUT2D eigenvalue weighted by atomic mass is 16.5. The van der Waals surface area contributed by atoms with Crippen molar-refractivity contribution in [2.24, 2.45) is 5.41 Å². The number of aryl methyl sites for hydroxylation is 1. The highest BCUT2D eigenvalue weighted by Crippen LogP contribution is 2.28. The van der Waals surface area contributed by atoms with Crippen LogP contribution >= 0.6 is 0 Å². The van der Waals surface area contributed by atoms with Gasteiger partial charge in [0.25, 0.3) is 5.56 Å². The third kappa shape index (κ3) is 5.48. The molecule has 0 aliphatic carbocycles. The van der Waals surface area contributed by atoms with Gasteiger partial charge < -0.3 is 20.4 Å². The Balaban J connectivity index is 1.59. The lowest BCUT2D eigenvalue weighted by Crippen LogP contribution is -2.47. The molecule has 1 aliphatic heterocycles. The number of hydrogen-bond donors (Lipinski definition) is 3. The van der Waals surface area contributed by atoms with E-state index >= 15 is 0 Å². The molecule has 8 nitrogen and oxygen atoms in total. The zero-order chi connectivity index (χ0) is 20.7. The Morgan fingerprint density at radius 2 is 2.14 bits per heavy atom. The molecule has 1 fully saturated rings. The van der Waals surface area contributed by atoms with Crippen LogP contribution in [0.2, 0.25) is 0 Å². The first kappa shape index (κ1) is 21.1. The molecule has 2 aromatic heterocycles. The van der Waals surface area contributed by atoms with Crippen LogP contribution in [0.5, 0.6) is 0 Å². The number of piperidine rings is 1. The normalized spacial score (nSPS) is 15.8. The van der Waals surface area contributed by atoms with Crippen molar-refractivity contribution in [3.05, 3.63) is 46.1 Å². The van der Waals surface area contributed by atoms with Crippen molar-refractivity contribution < 1.29 is 9.53 Å². The lowest BCUT2D eigenvalue weighted by Gasteiger charge is -2.37. The van der Waals surface area contributed by atoms with E-state index in [0.717, 1.165) is 31.5 Å². The number of nitrogens with zero attached hydrogens (tertiary/aromatic N) is 2. The van der Waals surface area contributed by atoms with Gasteiger partial charge >= 0.3 is 0 Å². The maximum atomic E-state index is 12.5. The van der Waals surface area contributed by atoms with Crippen LogP contribution in [0.4, 0.5) is 0 Å². The van der Waals surface area contributed by atoms with Crippen molar-refractivity contribution in [3.63, 3.8) is 0 Å². The summed E-state index contributed by atoms with van der Waals surface area (Å²) in [6.07, 6.45) is 5.87. The smallest absolute Gasteiger partial charge is 0.254 e. The Labute approximate surface area is 170 Å². The molecule has 1 aliphatic rings. The van der Waals surface area contributed by atoms with Crippen molar-refractivity contribution >= 4 is 5.91 Å². The molecule has 2 aromatic rings. The maximum absolute atomic E-state index is 12.5. The lowest BCUT2D eigenvalue weighted by atomic mass is 9.79. The number of carbonyl (C=O) groups is 1. The summed E-state index contributed by atoms with van der Waals surface area (Å²) in [4.78, 5) is 36.3. The van der Waals surface area contributed by atoms with Crippen molar-refractivity contribution in [2.75, 3.05) is 33.4 Å². The van der Waals surface area contributed by atoms with E-state index in [4.69, 9.17) is 4.74 Å². The van der Waals surface area contributed by atoms with Crippen molar-refractivity contribution in [1.29, 1.82) is 0 Å². The van der Waals surface area contributed by atoms with Crippen LogP contribution in [0, 0.1) is 12.3 Å². The first-order chi connectivity index (χ1) is 14.0. The summed E-state index contributed by atoms with van der Waals surface area (Å²) in [5.74, 6) is 0.426. The highest BCUT2D eigenvalue weighted by molar-refractivity contribution is 5.76. The number of carbonyl (C=O) groups excluding carboxylic acids is 1. The van der Waals surface area contributed by atoms with Crippen LogP contribution in [0.25, 0.3) is 11.4 Å². The van der Waals surface area contributed by atoms with Gasteiger partial charge in [-0.05, 0) is 51.4 Å². The fraction of sp³-hybridized carbons (Fsp3) is 0.524. The van der Waals surface area contributed by atoms with Gasteiger partial charge in [-0.3, -0.25) is 14.6 Å². The van der Waals surface area contributed by atoms with Gasteiger partial charge in [0.1, 0.15) is 5.82 Å². The molecule has 8 heteroatoms. The van der Waals surface area contributed by atoms with Crippen LogP contribution < -0.4 is 16.2 Å². The summed E-state index contributed by atoms with van der Waals surface area (Å²) >= 11 is 0. The monoisotopic (exact) mass is 399 g/mol. The van der Waals surface area contributed by atoms with Crippen molar-refractivity contribution in [3.8, 4) is 11.4 Å². The number of pyridine rings is 1. The topological polar surface area (TPSA) is 109 Å². The van der Waals surface area contributed by atoms with Crippen LogP contribution in [0.1, 0.15) is 30.5 Å². The van der Waals surface area contributed by atoms with Crippen LogP contribution in [-0.2, 0) is 16.0 Å². The van der Waals surface area contributed by atoms with Gasteiger partial charge in [-0.1, -0.05) is 0 Å². The molecule has 1 amide bonds. The molecule has 29 heavy (non-hydrogen) atoms. The van der Waals surface area contributed by atoms with E-state index in [1.807, 2.05) is 6.07 Å². The van der Waals surface area contributed by atoms with Gasteiger partial charge in [0.15, 0.2) is 0 Å². The summed E-state index contributed by atoms with van der Waals surface area (Å²) in [5.41, 5.74) is 1.70.